The zero-order chi connectivity index (χ0) is 20.6. The number of hydrogen-bond donors (Lipinski definition) is 2. The molecule has 1 unspecified atom stereocenters. The lowest BCUT2D eigenvalue weighted by molar-refractivity contribution is -0.137. The number of carbonyl (C=O) groups is 1. The molecule has 3 rings (SSSR count). The van der Waals surface area contributed by atoms with E-state index in [0.29, 0.717) is 24.9 Å². The molecule has 4 nitrogen and oxygen atoms in total. The fourth-order valence-corrected chi connectivity index (χ4v) is 3.42. The number of alkyl halides is 2. The van der Waals surface area contributed by atoms with E-state index in [4.69, 9.17) is 9.84 Å². The maximum absolute atomic E-state index is 12.9. The third-order valence-electron chi connectivity index (χ3n) is 4.81. The molecule has 0 heterocycles. The second-order valence-corrected chi connectivity index (χ2v) is 6.84. The molecule has 0 saturated heterocycles. The van der Waals surface area contributed by atoms with E-state index in [1.54, 1.807) is 12.1 Å². The molecule has 3 aromatic carbocycles. The number of nitrogens with one attached hydrogen (secondary N) is 1. The van der Waals surface area contributed by atoms with Crippen molar-refractivity contribution in [1.29, 1.82) is 0 Å². The van der Waals surface area contributed by atoms with Crippen molar-refractivity contribution in [1.82, 2.24) is 5.32 Å². The topological polar surface area (TPSA) is 58.6 Å². The molecule has 0 aromatic heterocycles. The smallest absolute Gasteiger partial charge is 0.387 e. The van der Waals surface area contributed by atoms with E-state index < -0.39 is 12.6 Å². The van der Waals surface area contributed by atoms with Crippen molar-refractivity contribution >= 4 is 16.7 Å². The third kappa shape index (κ3) is 5.99. The Morgan fingerprint density at radius 3 is 2.45 bits per heavy atom. The number of carboxylic acid groups (broad SMARTS) is 1. The van der Waals surface area contributed by atoms with Crippen molar-refractivity contribution in [3.05, 3.63) is 77.9 Å². The molecule has 0 bridgehead atoms. The van der Waals surface area contributed by atoms with Crippen molar-refractivity contribution in [2.24, 2.45) is 0 Å². The third-order valence-corrected chi connectivity index (χ3v) is 4.81. The van der Waals surface area contributed by atoms with Gasteiger partial charge in [0.15, 0.2) is 0 Å². The minimum Gasteiger partial charge on any atom is -0.481 e. The predicted molar refractivity (Wildman–Crippen MR) is 108 cm³/mol. The van der Waals surface area contributed by atoms with Crippen LogP contribution in [0.1, 0.15) is 24.0 Å². The van der Waals surface area contributed by atoms with Gasteiger partial charge in [0.05, 0.1) is 0 Å². The van der Waals surface area contributed by atoms with Crippen LogP contribution in [0.15, 0.2) is 66.7 Å². The Kier molecular flexibility index (Phi) is 7.14. The first-order valence-electron chi connectivity index (χ1n) is 9.47. The van der Waals surface area contributed by atoms with Crippen LogP contribution in [0.3, 0.4) is 0 Å². The Bertz CT molecular complexity index is 947. The van der Waals surface area contributed by atoms with Crippen LogP contribution in [-0.4, -0.2) is 23.7 Å². The van der Waals surface area contributed by atoms with Gasteiger partial charge in [0, 0.05) is 24.6 Å². The molecule has 0 spiro atoms. The molecule has 0 amide bonds. The summed E-state index contributed by atoms with van der Waals surface area (Å²) in [5.41, 5.74) is 1.72. The predicted octanol–water partition coefficient (Wildman–Crippen LogP) is 5.01. The highest BCUT2D eigenvalue weighted by Crippen LogP contribution is 2.29. The van der Waals surface area contributed by atoms with Crippen LogP contribution in [0.4, 0.5) is 8.78 Å². The minimum absolute atomic E-state index is 0.0282. The molecule has 0 aliphatic carbocycles. The average Bonchev–Trinajstić information content (AvgIpc) is 2.71. The first-order valence-corrected chi connectivity index (χ1v) is 9.47. The van der Waals surface area contributed by atoms with Crippen LogP contribution in [-0.2, 0) is 17.8 Å². The van der Waals surface area contributed by atoms with E-state index in [9.17, 15) is 13.6 Å². The number of fused-ring (bicyclic) bond motifs is 1. The molecule has 2 N–H and O–H groups in total. The summed E-state index contributed by atoms with van der Waals surface area (Å²) < 4.78 is 30.5. The largest absolute Gasteiger partial charge is 0.481 e. The standard InChI is InChI=1S/C23H23F2NO3/c24-23(25)29-21-12-10-17-8-4-5-9-19(17)20(21)15-26-18(11-13-22(27)28)14-16-6-2-1-3-7-16/h1-10,12,18,23,26H,11,13-15H2,(H,27,28). The van der Waals surface area contributed by atoms with Gasteiger partial charge in [-0.15, -0.1) is 0 Å². The summed E-state index contributed by atoms with van der Waals surface area (Å²) in [7, 11) is 0. The summed E-state index contributed by atoms with van der Waals surface area (Å²) in [6, 6.07) is 20.5. The number of aliphatic carboxylic acids is 1. The Morgan fingerprint density at radius 2 is 1.72 bits per heavy atom. The molecule has 152 valence electrons. The van der Waals surface area contributed by atoms with Crippen molar-refractivity contribution in [2.45, 2.75) is 38.5 Å². The summed E-state index contributed by atoms with van der Waals surface area (Å²) in [4.78, 5) is 11.0. The summed E-state index contributed by atoms with van der Waals surface area (Å²) >= 11 is 0. The summed E-state index contributed by atoms with van der Waals surface area (Å²) in [6.07, 6.45) is 1.10. The molecule has 1 atom stereocenters. The number of carboxylic acids is 1. The van der Waals surface area contributed by atoms with Gasteiger partial charge in [0.25, 0.3) is 0 Å². The van der Waals surface area contributed by atoms with E-state index in [2.05, 4.69) is 5.32 Å². The highest BCUT2D eigenvalue weighted by atomic mass is 19.3. The van der Waals surface area contributed by atoms with Crippen LogP contribution in [0, 0.1) is 0 Å². The van der Waals surface area contributed by atoms with E-state index in [0.717, 1.165) is 16.3 Å². The Morgan fingerprint density at radius 1 is 1.00 bits per heavy atom. The van der Waals surface area contributed by atoms with Gasteiger partial charge < -0.3 is 15.2 Å². The van der Waals surface area contributed by atoms with Crippen molar-refractivity contribution < 1.29 is 23.4 Å². The van der Waals surface area contributed by atoms with Gasteiger partial charge in [-0.05, 0) is 35.2 Å². The highest BCUT2D eigenvalue weighted by molar-refractivity contribution is 5.87. The molecule has 29 heavy (non-hydrogen) atoms. The Hall–Kier alpha value is -2.99. The quantitative estimate of drug-likeness (QED) is 0.503. The maximum Gasteiger partial charge on any atom is 0.387 e. The summed E-state index contributed by atoms with van der Waals surface area (Å²) in [6.45, 7) is -2.62. The lowest BCUT2D eigenvalue weighted by Gasteiger charge is -2.20. The van der Waals surface area contributed by atoms with Gasteiger partial charge in [0.1, 0.15) is 5.75 Å². The maximum atomic E-state index is 12.9. The van der Waals surface area contributed by atoms with Crippen molar-refractivity contribution in [3.63, 3.8) is 0 Å². The minimum atomic E-state index is -2.91. The molecule has 0 saturated carbocycles. The van der Waals surface area contributed by atoms with E-state index in [1.165, 1.54) is 0 Å². The van der Waals surface area contributed by atoms with Gasteiger partial charge >= 0.3 is 12.6 Å². The Balaban J connectivity index is 1.83. The number of halogens is 2. The zero-order valence-electron chi connectivity index (χ0n) is 15.9. The van der Waals surface area contributed by atoms with E-state index >= 15 is 0 Å². The molecule has 0 aliphatic heterocycles. The molecule has 6 heteroatoms. The van der Waals surface area contributed by atoms with Crippen LogP contribution < -0.4 is 10.1 Å². The van der Waals surface area contributed by atoms with Gasteiger partial charge in [-0.25, -0.2) is 0 Å². The van der Waals surface area contributed by atoms with Crippen LogP contribution in [0.5, 0.6) is 5.75 Å². The van der Waals surface area contributed by atoms with Gasteiger partial charge in [-0.3, -0.25) is 4.79 Å². The molecule has 0 fully saturated rings. The van der Waals surface area contributed by atoms with E-state index in [-0.39, 0.29) is 18.2 Å². The Labute approximate surface area is 168 Å². The first-order chi connectivity index (χ1) is 14.0. The second-order valence-electron chi connectivity index (χ2n) is 6.84. The van der Waals surface area contributed by atoms with Crippen molar-refractivity contribution in [3.8, 4) is 5.75 Å². The van der Waals surface area contributed by atoms with Crippen LogP contribution in [0.2, 0.25) is 0 Å². The highest BCUT2D eigenvalue weighted by Gasteiger charge is 2.16. The molecule has 0 aliphatic rings. The lowest BCUT2D eigenvalue weighted by atomic mass is 10.00. The van der Waals surface area contributed by atoms with Gasteiger partial charge in [0.2, 0.25) is 0 Å². The number of ether oxygens (including phenoxy) is 1. The van der Waals surface area contributed by atoms with Gasteiger partial charge in [-0.1, -0.05) is 60.7 Å². The number of hydrogen-bond acceptors (Lipinski definition) is 3. The summed E-state index contributed by atoms with van der Waals surface area (Å²) in [5, 5.41) is 14.2. The number of rotatable bonds is 10. The fourth-order valence-electron chi connectivity index (χ4n) is 3.42. The van der Waals surface area contributed by atoms with Crippen molar-refractivity contribution in [2.75, 3.05) is 0 Å². The second kappa shape index (κ2) is 9.98. The normalized spacial score (nSPS) is 12.2. The van der Waals surface area contributed by atoms with E-state index in [1.807, 2.05) is 54.6 Å². The van der Waals surface area contributed by atoms with Gasteiger partial charge in [-0.2, -0.15) is 8.78 Å². The lowest BCUT2D eigenvalue weighted by Crippen LogP contribution is -2.31. The molecular weight excluding hydrogens is 376 g/mol. The first kappa shape index (κ1) is 20.7. The summed E-state index contributed by atoms with van der Waals surface area (Å²) in [5.74, 6) is -0.736. The zero-order valence-corrected chi connectivity index (χ0v) is 15.9. The monoisotopic (exact) mass is 399 g/mol. The molecular formula is C23H23F2NO3. The SMILES string of the molecule is O=C(O)CCC(Cc1ccccc1)NCc1c(OC(F)F)ccc2ccccc12. The van der Waals surface area contributed by atoms with Crippen LogP contribution >= 0.6 is 0 Å². The average molecular weight is 399 g/mol. The fraction of sp³-hybridized carbons (Fsp3) is 0.261. The van der Waals surface area contributed by atoms with Crippen LogP contribution in [0.25, 0.3) is 10.8 Å². The number of benzene rings is 3. The molecule has 0 radical (unpaired) electrons. The molecule has 3 aromatic rings.